The Morgan fingerprint density at radius 2 is 1.95 bits per heavy atom. The number of aliphatic hydroxyl groups excluding tert-OH is 1. The monoisotopic (exact) mass is 263 g/mol. The normalized spacial score (nSPS) is 21.6. The van der Waals surface area contributed by atoms with Gasteiger partial charge in [-0.3, -0.25) is 4.90 Å². The van der Waals surface area contributed by atoms with Crippen LogP contribution in [0.5, 0.6) is 0 Å². The number of benzene rings is 1. The molecule has 3 heteroatoms. The summed E-state index contributed by atoms with van der Waals surface area (Å²) < 4.78 is 5.47. The minimum atomic E-state index is -0.0254. The van der Waals surface area contributed by atoms with Crippen molar-refractivity contribution < 1.29 is 9.84 Å². The number of rotatable bonds is 3. The molecular formula is C16H25NO2. The lowest BCUT2D eigenvalue weighted by atomic mass is 9.87. The van der Waals surface area contributed by atoms with Crippen molar-refractivity contribution in [1.82, 2.24) is 4.90 Å². The maximum absolute atomic E-state index is 9.15. The molecule has 0 radical (unpaired) electrons. The van der Waals surface area contributed by atoms with Crippen molar-refractivity contribution in [2.75, 3.05) is 26.3 Å². The first-order valence-electron chi connectivity index (χ1n) is 7.03. The molecule has 3 nitrogen and oxygen atoms in total. The van der Waals surface area contributed by atoms with E-state index in [1.165, 1.54) is 11.1 Å². The van der Waals surface area contributed by atoms with E-state index < -0.39 is 0 Å². The second-order valence-corrected chi connectivity index (χ2v) is 6.36. The first kappa shape index (κ1) is 14.5. The average molecular weight is 263 g/mol. The van der Waals surface area contributed by atoms with Crippen LogP contribution in [-0.4, -0.2) is 42.4 Å². The molecular weight excluding hydrogens is 238 g/mol. The summed E-state index contributed by atoms with van der Waals surface area (Å²) in [7, 11) is 0. The average Bonchev–Trinajstić information content (AvgIpc) is 2.38. The molecule has 0 amide bonds. The van der Waals surface area contributed by atoms with Crippen LogP contribution in [-0.2, 0) is 16.7 Å². The maximum Gasteiger partial charge on any atom is 0.0933 e. The van der Waals surface area contributed by atoms with Gasteiger partial charge in [0.2, 0.25) is 0 Å². The molecule has 0 aromatic heterocycles. The summed E-state index contributed by atoms with van der Waals surface area (Å²) in [5.74, 6) is 0. The Morgan fingerprint density at radius 3 is 2.53 bits per heavy atom. The predicted molar refractivity (Wildman–Crippen MR) is 77.2 cm³/mol. The summed E-state index contributed by atoms with van der Waals surface area (Å²) in [6.07, 6.45) is -0.0254. The Balaban J connectivity index is 1.96. The Kier molecular flexibility index (Phi) is 4.61. The van der Waals surface area contributed by atoms with Crippen molar-refractivity contribution in [3.8, 4) is 0 Å². The van der Waals surface area contributed by atoms with Gasteiger partial charge in [0.05, 0.1) is 19.3 Å². The van der Waals surface area contributed by atoms with Crippen LogP contribution in [0.4, 0.5) is 0 Å². The first-order valence-corrected chi connectivity index (χ1v) is 7.03. The van der Waals surface area contributed by atoms with Gasteiger partial charge < -0.3 is 9.84 Å². The fourth-order valence-electron chi connectivity index (χ4n) is 2.40. The van der Waals surface area contributed by atoms with E-state index >= 15 is 0 Å². The van der Waals surface area contributed by atoms with E-state index in [1.54, 1.807) is 0 Å². The zero-order chi connectivity index (χ0) is 13.9. The minimum absolute atomic E-state index is 0.0254. The van der Waals surface area contributed by atoms with E-state index in [4.69, 9.17) is 9.84 Å². The summed E-state index contributed by atoms with van der Waals surface area (Å²) in [5.41, 5.74) is 2.90. The van der Waals surface area contributed by atoms with Crippen LogP contribution in [0.3, 0.4) is 0 Å². The molecule has 19 heavy (non-hydrogen) atoms. The standard InChI is InChI=1S/C16H25NO2/c1-16(2,3)14-6-4-13(5-7-14)10-17-8-9-19-15(11-17)12-18/h4-7,15,18H,8-12H2,1-3H3. The molecule has 2 rings (SSSR count). The number of hydrogen-bond acceptors (Lipinski definition) is 3. The van der Waals surface area contributed by atoms with E-state index in [2.05, 4.69) is 49.9 Å². The van der Waals surface area contributed by atoms with Crippen LogP contribution in [0.1, 0.15) is 31.9 Å². The lowest BCUT2D eigenvalue weighted by Gasteiger charge is -2.32. The molecule has 106 valence electrons. The molecule has 1 aliphatic heterocycles. The van der Waals surface area contributed by atoms with Crippen LogP contribution in [0.25, 0.3) is 0 Å². The van der Waals surface area contributed by atoms with Gasteiger partial charge in [-0.25, -0.2) is 0 Å². The van der Waals surface area contributed by atoms with Crippen molar-refractivity contribution in [1.29, 1.82) is 0 Å². The number of morpholine rings is 1. The Labute approximate surface area is 116 Å². The molecule has 1 atom stereocenters. The van der Waals surface area contributed by atoms with Gasteiger partial charge in [0.1, 0.15) is 0 Å². The van der Waals surface area contributed by atoms with Crippen molar-refractivity contribution in [3.63, 3.8) is 0 Å². The third-order valence-electron chi connectivity index (χ3n) is 3.65. The summed E-state index contributed by atoms with van der Waals surface area (Å²) in [5, 5.41) is 9.15. The molecule has 1 aromatic carbocycles. The molecule has 1 fully saturated rings. The van der Waals surface area contributed by atoms with Gasteiger partial charge in [-0.05, 0) is 16.5 Å². The van der Waals surface area contributed by atoms with E-state index in [9.17, 15) is 0 Å². The predicted octanol–water partition coefficient (Wildman–Crippen LogP) is 2.18. The third kappa shape index (κ3) is 4.03. The lowest BCUT2D eigenvalue weighted by molar-refractivity contribution is -0.0551. The Hall–Kier alpha value is -0.900. The van der Waals surface area contributed by atoms with Crippen molar-refractivity contribution in [2.24, 2.45) is 0 Å². The van der Waals surface area contributed by atoms with E-state index in [0.29, 0.717) is 6.61 Å². The van der Waals surface area contributed by atoms with Crippen LogP contribution >= 0.6 is 0 Å². The summed E-state index contributed by atoms with van der Waals surface area (Å²) in [6, 6.07) is 8.87. The number of ether oxygens (including phenoxy) is 1. The SMILES string of the molecule is CC(C)(C)c1ccc(CN2CCOC(CO)C2)cc1. The quantitative estimate of drug-likeness (QED) is 0.907. The molecule has 0 aliphatic carbocycles. The second-order valence-electron chi connectivity index (χ2n) is 6.36. The van der Waals surface area contributed by atoms with Crippen LogP contribution in [0.15, 0.2) is 24.3 Å². The van der Waals surface area contributed by atoms with Gasteiger partial charge in [0.15, 0.2) is 0 Å². The molecule has 1 unspecified atom stereocenters. The Bertz CT molecular complexity index is 394. The number of nitrogens with zero attached hydrogens (tertiary/aromatic N) is 1. The molecule has 0 saturated carbocycles. The lowest BCUT2D eigenvalue weighted by Crippen LogP contribution is -2.43. The van der Waals surface area contributed by atoms with Crippen molar-refractivity contribution in [3.05, 3.63) is 35.4 Å². The van der Waals surface area contributed by atoms with Crippen molar-refractivity contribution in [2.45, 2.75) is 38.8 Å². The van der Waals surface area contributed by atoms with Gasteiger partial charge in [-0.2, -0.15) is 0 Å². The van der Waals surface area contributed by atoms with Crippen LogP contribution in [0, 0.1) is 0 Å². The number of hydrogen-bond donors (Lipinski definition) is 1. The highest BCUT2D eigenvalue weighted by Crippen LogP contribution is 2.22. The highest BCUT2D eigenvalue weighted by Gasteiger charge is 2.20. The molecule has 1 N–H and O–H groups in total. The Morgan fingerprint density at radius 1 is 1.26 bits per heavy atom. The van der Waals surface area contributed by atoms with Gasteiger partial charge >= 0.3 is 0 Å². The van der Waals surface area contributed by atoms with Crippen LogP contribution in [0.2, 0.25) is 0 Å². The zero-order valence-electron chi connectivity index (χ0n) is 12.2. The largest absolute Gasteiger partial charge is 0.394 e. The highest BCUT2D eigenvalue weighted by atomic mass is 16.5. The molecule has 0 spiro atoms. The maximum atomic E-state index is 9.15. The highest BCUT2D eigenvalue weighted by molar-refractivity contribution is 5.27. The fraction of sp³-hybridized carbons (Fsp3) is 0.625. The summed E-state index contributed by atoms with van der Waals surface area (Å²) >= 11 is 0. The molecule has 0 bridgehead atoms. The van der Waals surface area contributed by atoms with E-state index in [-0.39, 0.29) is 18.1 Å². The molecule has 1 saturated heterocycles. The second kappa shape index (κ2) is 6.04. The van der Waals surface area contributed by atoms with E-state index in [1.807, 2.05) is 0 Å². The topological polar surface area (TPSA) is 32.7 Å². The third-order valence-corrected chi connectivity index (χ3v) is 3.65. The smallest absolute Gasteiger partial charge is 0.0933 e. The van der Waals surface area contributed by atoms with E-state index in [0.717, 1.165) is 19.6 Å². The van der Waals surface area contributed by atoms with Crippen LogP contribution < -0.4 is 0 Å². The first-order chi connectivity index (χ1) is 8.99. The molecule has 1 heterocycles. The summed E-state index contributed by atoms with van der Waals surface area (Å²) in [6.45, 7) is 10.2. The van der Waals surface area contributed by atoms with Crippen molar-refractivity contribution >= 4 is 0 Å². The van der Waals surface area contributed by atoms with Gasteiger partial charge in [0, 0.05) is 19.6 Å². The fourth-order valence-corrected chi connectivity index (χ4v) is 2.40. The summed E-state index contributed by atoms with van der Waals surface area (Å²) in [4.78, 5) is 2.34. The minimum Gasteiger partial charge on any atom is -0.394 e. The zero-order valence-corrected chi connectivity index (χ0v) is 12.2. The van der Waals surface area contributed by atoms with Gasteiger partial charge in [0.25, 0.3) is 0 Å². The van der Waals surface area contributed by atoms with Gasteiger partial charge in [-0.1, -0.05) is 45.0 Å². The molecule has 1 aliphatic rings. The number of aliphatic hydroxyl groups is 1. The van der Waals surface area contributed by atoms with Gasteiger partial charge in [-0.15, -0.1) is 0 Å². The molecule has 1 aromatic rings.